The molecule has 3 heteroatoms. The Labute approximate surface area is 110 Å². The standard InChI is InChI=1S/C16H13NO2/c1-2-14(18)16-9-8-15(19-16)12-5-3-7-13-11(12)6-4-10-17-13/h3-10H,2H2,1H3. The molecule has 2 aromatic heterocycles. The van der Waals surface area contributed by atoms with Crippen LogP contribution in [-0.2, 0) is 0 Å². The number of benzene rings is 1. The molecule has 0 aliphatic rings. The maximum Gasteiger partial charge on any atom is 0.197 e. The van der Waals surface area contributed by atoms with E-state index in [-0.39, 0.29) is 5.78 Å². The lowest BCUT2D eigenvalue weighted by Crippen LogP contribution is -1.92. The molecule has 0 aliphatic carbocycles. The van der Waals surface area contributed by atoms with Crippen molar-refractivity contribution in [1.29, 1.82) is 0 Å². The van der Waals surface area contributed by atoms with Crippen LogP contribution in [0.1, 0.15) is 23.9 Å². The number of hydrogen-bond acceptors (Lipinski definition) is 3. The van der Waals surface area contributed by atoms with E-state index in [0.717, 1.165) is 16.5 Å². The van der Waals surface area contributed by atoms with Crippen LogP contribution < -0.4 is 0 Å². The van der Waals surface area contributed by atoms with Gasteiger partial charge in [-0.25, -0.2) is 0 Å². The summed E-state index contributed by atoms with van der Waals surface area (Å²) in [6.07, 6.45) is 2.21. The van der Waals surface area contributed by atoms with Crippen LogP contribution in [0.15, 0.2) is 53.1 Å². The predicted octanol–water partition coefficient (Wildman–Crippen LogP) is 4.09. The Kier molecular flexibility index (Phi) is 2.88. The fraction of sp³-hybridized carbons (Fsp3) is 0.125. The summed E-state index contributed by atoms with van der Waals surface area (Å²) in [5, 5.41) is 1.02. The first-order valence-electron chi connectivity index (χ1n) is 6.26. The molecule has 0 saturated heterocycles. The van der Waals surface area contributed by atoms with Gasteiger partial charge in [-0.05, 0) is 24.3 Å². The van der Waals surface area contributed by atoms with Gasteiger partial charge in [-0.2, -0.15) is 0 Å². The number of hydrogen-bond donors (Lipinski definition) is 0. The number of ketones is 1. The van der Waals surface area contributed by atoms with Crippen LogP contribution in [-0.4, -0.2) is 10.8 Å². The number of carbonyl (C=O) groups is 1. The smallest absolute Gasteiger partial charge is 0.197 e. The van der Waals surface area contributed by atoms with E-state index in [1.807, 2.05) is 43.3 Å². The van der Waals surface area contributed by atoms with Gasteiger partial charge in [-0.1, -0.05) is 25.1 Å². The second-order valence-corrected chi connectivity index (χ2v) is 4.32. The Morgan fingerprint density at radius 1 is 1.16 bits per heavy atom. The minimum absolute atomic E-state index is 0.0182. The molecule has 3 aromatic rings. The van der Waals surface area contributed by atoms with Crippen LogP contribution in [0.2, 0.25) is 0 Å². The zero-order valence-electron chi connectivity index (χ0n) is 10.6. The summed E-state index contributed by atoms with van der Waals surface area (Å²) in [5.74, 6) is 1.14. The third-order valence-electron chi connectivity index (χ3n) is 3.11. The lowest BCUT2D eigenvalue weighted by Gasteiger charge is -2.02. The van der Waals surface area contributed by atoms with Gasteiger partial charge < -0.3 is 4.42 Å². The van der Waals surface area contributed by atoms with Crippen LogP contribution in [0.4, 0.5) is 0 Å². The number of fused-ring (bicyclic) bond motifs is 1. The highest BCUT2D eigenvalue weighted by molar-refractivity contribution is 5.96. The minimum atomic E-state index is 0.0182. The molecule has 0 fully saturated rings. The summed E-state index contributed by atoms with van der Waals surface area (Å²) >= 11 is 0. The molecular formula is C16H13NO2. The molecule has 19 heavy (non-hydrogen) atoms. The largest absolute Gasteiger partial charge is 0.453 e. The summed E-state index contributed by atoms with van der Waals surface area (Å²) in [6, 6.07) is 13.3. The van der Waals surface area contributed by atoms with E-state index in [4.69, 9.17) is 4.42 Å². The quantitative estimate of drug-likeness (QED) is 0.658. The number of pyridine rings is 1. The molecule has 0 N–H and O–H groups in total. The second kappa shape index (κ2) is 4.69. The van der Waals surface area contributed by atoms with Crippen molar-refractivity contribution >= 4 is 16.7 Å². The zero-order chi connectivity index (χ0) is 13.2. The van der Waals surface area contributed by atoms with Crippen molar-refractivity contribution in [3.05, 3.63) is 54.4 Å². The Balaban J connectivity index is 2.14. The highest BCUT2D eigenvalue weighted by Gasteiger charge is 2.12. The highest BCUT2D eigenvalue weighted by atomic mass is 16.3. The van der Waals surface area contributed by atoms with E-state index >= 15 is 0 Å². The predicted molar refractivity (Wildman–Crippen MR) is 74.1 cm³/mol. The third-order valence-corrected chi connectivity index (χ3v) is 3.11. The van der Waals surface area contributed by atoms with Gasteiger partial charge in [0.15, 0.2) is 11.5 Å². The molecule has 3 rings (SSSR count). The lowest BCUT2D eigenvalue weighted by molar-refractivity contribution is 0.0962. The number of aromatic nitrogens is 1. The maximum atomic E-state index is 11.6. The summed E-state index contributed by atoms with van der Waals surface area (Å²) in [6.45, 7) is 1.83. The van der Waals surface area contributed by atoms with Crippen molar-refractivity contribution in [2.24, 2.45) is 0 Å². The molecule has 3 nitrogen and oxygen atoms in total. The first-order chi connectivity index (χ1) is 9.29. The number of furan rings is 1. The van der Waals surface area contributed by atoms with Crippen molar-refractivity contribution < 1.29 is 9.21 Å². The molecule has 0 bridgehead atoms. The van der Waals surface area contributed by atoms with Crippen LogP contribution in [0.25, 0.3) is 22.2 Å². The number of rotatable bonds is 3. The van der Waals surface area contributed by atoms with Gasteiger partial charge in [0, 0.05) is 23.6 Å². The maximum absolute atomic E-state index is 11.6. The Morgan fingerprint density at radius 3 is 2.89 bits per heavy atom. The molecule has 94 valence electrons. The highest BCUT2D eigenvalue weighted by Crippen LogP contribution is 2.29. The molecule has 0 spiro atoms. The Bertz CT molecular complexity index is 738. The van der Waals surface area contributed by atoms with Gasteiger partial charge in [0.2, 0.25) is 0 Å². The summed E-state index contributed by atoms with van der Waals surface area (Å²) in [4.78, 5) is 15.9. The third kappa shape index (κ3) is 2.03. The fourth-order valence-electron chi connectivity index (χ4n) is 2.12. The average Bonchev–Trinajstić information content (AvgIpc) is 2.95. The van der Waals surface area contributed by atoms with Gasteiger partial charge in [0.1, 0.15) is 5.76 Å². The summed E-state index contributed by atoms with van der Waals surface area (Å²) in [5.41, 5.74) is 1.88. The molecule has 0 radical (unpaired) electrons. The van der Waals surface area contributed by atoms with Crippen LogP contribution in [0, 0.1) is 0 Å². The van der Waals surface area contributed by atoms with E-state index in [2.05, 4.69) is 4.98 Å². The minimum Gasteiger partial charge on any atom is -0.453 e. The van der Waals surface area contributed by atoms with Crippen molar-refractivity contribution in [3.8, 4) is 11.3 Å². The molecule has 2 heterocycles. The molecule has 1 aromatic carbocycles. The summed E-state index contributed by atoms with van der Waals surface area (Å²) in [7, 11) is 0. The molecule has 0 unspecified atom stereocenters. The van der Waals surface area contributed by atoms with Crippen LogP contribution >= 0.6 is 0 Å². The van der Waals surface area contributed by atoms with Crippen molar-refractivity contribution in [2.45, 2.75) is 13.3 Å². The number of nitrogens with zero attached hydrogens (tertiary/aromatic N) is 1. The molecule has 0 atom stereocenters. The van der Waals surface area contributed by atoms with Gasteiger partial charge in [0.25, 0.3) is 0 Å². The van der Waals surface area contributed by atoms with Gasteiger partial charge in [-0.15, -0.1) is 0 Å². The normalized spacial score (nSPS) is 10.8. The zero-order valence-corrected chi connectivity index (χ0v) is 10.6. The first kappa shape index (κ1) is 11.7. The van der Waals surface area contributed by atoms with Gasteiger partial charge >= 0.3 is 0 Å². The van der Waals surface area contributed by atoms with Gasteiger partial charge in [0.05, 0.1) is 5.52 Å². The fourth-order valence-corrected chi connectivity index (χ4v) is 2.12. The molecular weight excluding hydrogens is 238 g/mol. The van der Waals surface area contributed by atoms with Crippen molar-refractivity contribution in [1.82, 2.24) is 4.98 Å². The SMILES string of the molecule is CCC(=O)c1ccc(-c2cccc3ncccc23)o1. The van der Waals surface area contributed by atoms with Crippen LogP contribution in [0.5, 0.6) is 0 Å². The van der Waals surface area contributed by atoms with E-state index in [1.54, 1.807) is 12.3 Å². The molecule has 0 aliphatic heterocycles. The topological polar surface area (TPSA) is 43.1 Å². The number of carbonyl (C=O) groups excluding carboxylic acids is 1. The Hall–Kier alpha value is -2.42. The van der Waals surface area contributed by atoms with E-state index in [0.29, 0.717) is 17.9 Å². The van der Waals surface area contributed by atoms with E-state index < -0.39 is 0 Å². The number of Topliss-reactive ketones (excluding diaryl/α,β-unsaturated/α-hetero) is 1. The lowest BCUT2D eigenvalue weighted by atomic mass is 10.1. The monoisotopic (exact) mass is 251 g/mol. The summed E-state index contributed by atoms with van der Waals surface area (Å²) < 4.78 is 5.65. The van der Waals surface area contributed by atoms with Crippen molar-refractivity contribution in [3.63, 3.8) is 0 Å². The Morgan fingerprint density at radius 2 is 2.05 bits per heavy atom. The van der Waals surface area contributed by atoms with Gasteiger partial charge in [-0.3, -0.25) is 9.78 Å². The van der Waals surface area contributed by atoms with E-state index in [9.17, 15) is 4.79 Å². The van der Waals surface area contributed by atoms with Crippen LogP contribution in [0.3, 0.4) is 0 Å². The van der Waals surface area contributed by atoms with E-state index in [1.165, 1.54) is 0 Å². The van der Waals surface area contributed by atoms with Crippen molar-refractivity contribution in [2.75, 3.05) is 0 Å². The first-order valence-corrected chi connectivity index (χ1v) is 6.26. The molecule has 0 saturated carbocycles. The average molecular weight is 251 g/mol. The molecule has 0 amide bonds. The second-order valence-electron chi connectivity index (χ2n) is 4.32.